The summed E-state index contributed by atoms with van der Waals surface area (Å²) in [5.74, 6) is 0. The Morgan fingerprint density at radius 3 is 2.17 bits per heavy atom. The van der Waals surface area contributed by atoms with E-state index in [0.717, 1.165) is 0 Å². The van der Waals surface area contributed by atoms with Gasteiger partial charge in [0.05, 0.1) is 0 Å². The molecule has 3 aromatic carbocycles. The molecule has 4 rings (SSSR count). The SMILES string of the molecule is CCCCCCc1cc(C)cc(C2(C)c3cc(C)ccc3-c3cc(C)c(C)cc32)c1. The van der Waals surface area contributed by atoms with Crippen molar-refractivity contribution in [2.75, 3.05) is 0 Å². The molecule has 3 aromatic rings. The zero-order valence-electron chi connectivity index (χ0n) is 19.7. The third kappa shape index (κ3) is 3.51. The predicted octanol–water partition coefficient (Wildman–Crippen LogP) is 8.38. The van der Waals surface area contributed by atoms with Crippen molar-refractivity contribution in [1.82, 2.24) is 0 Å². The molecule has 0 heteroatoms. The van der Waals surface area contributed by atoms with Crippen molar-refractivity contribution in [1.29, 1.82) is 0 Å². The molecule has 0 saturated heterocycles. The molecule has 0 nitrogen and oxygen atoms in total. The van der Waals surface area contributed by atoms with Gasteiger partial charge in [0, 0.05) is 5.41 Å². The van der Waals surface area contributed by atoms with E-state index in [1.165, 1.54) is 87.7 Å². The first-order valence-corrected chi connectivity index (χ1v) is 11.7. The topological polar surface area (TPSA) is 0 Å². The van der Waals surface area contributed by atoms with Crippen LogP contribution in [0.5, 0.6) is 0 Å². The summed E-state index contributed by atoms with van der Waals surface area (Å²) >= 11 is 0. The highest BCUT2D eigenvalue weighted by molar-refractivity contribution is 5.84. The van der Waals surface area contributed by atoms with Crippen LogP contribution in [0, 0.1) is 27.7 Å². The van der Waals surface area contributed by atoms with Crippen LogP contribution in [0.25, 0.3) is 11.1 Å². The largest absolute Gasteiger partial charge is 0.0654 e. The molecule has 1 aliphatic carbocycles. The lowest BCUT2D eigenvalue weighted by Crippen LogP contribution is -2.23. The third-order valence-electron chi connectivity index (χ3n) is 7.21. The summed E-state index contributed by atoms with van der Waals surface area (Å²) in [7, 11) is 0. The molecule has 0 saturated carbocycles. The molecule has 0 amide bonds. The molecule has 1 atom stereocenters. The molecule has 0 aromatic heterocycles. The summed E-state index contributed by atoms with van der Waals surface area (Å²) in [6.45, 7) is 13.7. The Kier molecular flexibility index (Phi) is 5.62. The number of fused-ring (bicyclic) bond motifs is 3. The molecule has 0 fully saturated rings. The fraction of sp³-hybridized carbons (Fsp3) is 0.400. The Morgan fingerprint density at radius 2 is 1.40 bits per heavy atom. The van der Waals surface area contributed by atoms with Gasteiger partial charge in [-0.3, -0.25) is 0 Å². The van der Waals surface area contributed by atoms with Crippen LogP contribution in [0.4, 0.5) is 0 Å². The van der Waals surface area contributed by atoms with E-state index in [9.17, 15) is 0 Å². The smallest absolute Gasteiger partial charge is 0.0435 e. The minimum Gasteiger partial charge on any atom is -0.0654 e. The van der Waals surface area contributed by atoms with Crippen LogP contribution in [0.15, 0.2) is 48.5 Å². The maximum atomic E-state index is 2.50. The van der Waals surface area contributed by atoms with Crippen LogP contribution in [0.2, 0.25) is 0 Å². The molecule has 0 radical (unpaired) electrons. The van der Waals surface area contributed by atoms with Gasteiger partial charge in [-0.05, 0) is 92.0 Å². The van der Waals surface area contributed by atoms with Gasteiger partial charge < -0.3 is 0 Å². The molecule has 30 heavy (non-hydrogen) atoms. The van der Waals surface area contributed by atoms with E-state index in [2.05, 4.69) is 90.1 Å². The minimum atomic E-state index is -0.0979. The van der Waals surface area contributed by atoms with Gasteiger partial charge in [-0.25, -0.2) is 0 Å². The number of benzene rings is 3. The predicted molar refractivity (Wildman–Crippen MR) is 131 cm³/mol. The van der Waals surface area contributed by atoms with Gasteiger partial charge in [0.2, 0.25) is 0 Å². The lowest BCUT2D eigenvalue weighted by atomic mass is 9.72. The average molecular weight is 397 g/mol. The second-order valence-corrected chi connectivity index (χ2v) is 9.67. The van der Waals surface area contributed by atoms with Gasteiger partial charge in [-0.1, -0.05) is 85.8 Å². The molecular formula is C30H36. The van der Waals surface area contributed by atoms with Gasteiger partial charge >= 0.3 is 0 Å². The van der Waals surface area contributed by atoms with Gasteiger partial charge in [-0.15, -0.1) is 0 Å². The van der Waals surface area contributed by atoms with Gasteiger partial charge in [0.1, 0.15) is 0 Å². The zero-order valence-corrected chi connectivity index (χ0v) is 19.7. The van der Waals surface area contributed by atoms with Gasteiger partial charge in [0.15, 0.2) is 0 Å². The maximum Gasteiger partial charge on any atom is 0.0435 e. The van der Waals surface area contributed by atoms with E-state index in [0.29, 0.717) is 0 Å². The Morgan fingerprint density at radius 1 is 0.667 bits per heavy atom. The van der Waals surface area contributed by atoms with Crippen LogP contribution in [-0.2, 0) is 11.8 Å². The summed E-state index contributed by atoms with van der Waals surface area (Å²) in [6, 6.07) is 19.2. The van der Waals surface area contributed by atoms with Crippen LogP contribution >= 0.6 is 0 Å². The molecule has 0 N–H and O–H groups in total. The Hall–Kier alpha value is -2.34. The summed E-state index contributed by atoms with van der Waals surface area (Å²) < 4.78 is 0. The quantitative estimate of drug-likeness (QED) is 0.367. The summed E-state index contributed by atoms with van der Waals surface area (Å²) in [6.07, 6.45) is 6.45. The first-order valence-electron chi connectivity index (χ1n) is 11.7. The van der Waals surface area contributed by atoms with Crippen molar-refractivity contribution in [3.8, 4) is 11.1 Å². The monoisotopic (exact) mass is 396 g/mol. The summed E-state index contributed by atoms with van der Waals surface area (Å²) in [4.78, 5) is 0. The molecular weight excluding hydrogens is 360 g/mol. The van der Waals surface area contributed by atoms with Crippen molar-refractivity contribution in [2.24, 2.45) is 0 Å². The van der Waals surface area contributed by atoms with Crippen LogP contribution in [0.1, 0.15) is 84.0 Å². The van der Waals surface area contributed by atoms with Crippen molar-refractivity contribution >= 4 is 0 Å². The molecule has 1 unspecified atom stereocenters. The lowest BCUT2D eigenvalue weighted by molar-refractivity contribution is 0.663. The van der Waals surface area contributed by atoms with E-state index in [4.69, 9.17) is 0 Å². The molecule has 1 aliphatic rings. The van der Waals surface area contributed by atoms with Crippen molar-refractivity contribution in [3.63, 3.8) is 0 Å². The summed E-state index contributed by atoms with van der Waals surface area (Å²) in [5.41, 5.74) is 14.1. The van der Waals surface area contributed by atoms with Gasteiger partial charge in [-0.2, -0.15) is 0 Å². The maximum absolute atomic E-state index is 2.50. The number of rotatable bonds is 6. The van der Waals surface area contributed by atoms with Crippen molar-refractivity contribution in [2.45, 2.75) is 79.1 Å². The highest BCUT2D eigenvalue weighted by Crippen LogP contribution is 2.53. The van der Waals surface area contributed by atoms with E-state index >= 15 is 0 Å². The Bertz CT molecular complexity index is 1090. The Balaban J connectivity index is 1.87. The Labute approximate surface area is 183 Å². The first kappa shape index (κ1) is 20.9. The van der Waals surface area contributed by atoms with Crippen LogP contribution in [-0.4, -0.2) is 0 Å². The van der Waals surface area contributed by atoms with Crippen molar-refractivity contribution < 1.29 is 0 Å². The average Bonchev–Trinajstić information content (AvgIpc) is 2.94. The standard InChI is InChI=1S/C30H36/c1-7-8-9-10-11-24-14-21(3)15-25(19-24)30(6)28-16-20(2)12-13-26(28)27-17-22(4)23(5)18-29(27)30/h12-19H,7-11H2,1-6H3. The van der Waals surface area contributed by atoms with Crippen LogP contribution in [0.3, 0.4) is 0 Å². The first-order chi connectivity index (χ1) is 14.3. The minimum absolute atomic E-state index is 0.0979. The molecule has 0 bridgehead atoms. The second kappa shape index (κ2) is 8.06. The number of aryl methyl sites for hydroxylation is 5. The lowest BCUT2D eigenvalue weighted by Gasteiger charge is -2.30. The normalized spacial score (nSPS) is 17.1. The van der Waals surface area contributed by atoms with E-state index in [1.54, 1.807) is 0 Å². The van der Waals surface area contributed by atoms with Gasteiger partial charge in [0.25, 0.3) is 0 Å². The van der Waals surface area contributed by atoms with E-state index in [-0.39, 0.29) is 5.41 Å². The van der Waals surface area contributed by atoms with E-state index < -0.39 is 0 Å². The fourth-order valence-electron chi connectivity index (χ4n) is 5.27. The molecule has 0 heterocycles. The highest BCUT2D eigenvalue weighted by atomic mass is 14.4. The van der Waals surface area contributed by atoms with Crippen molar-refractivity contribution in [3.05, 3.63) is 93.0 Å². The summed E-state index contributed by atoms with van der Waals surface area (Å²) in [5, 5.41) is 0. The number of hydrogen-bond acceptors (Lipinski definition) is 0. The second-order valence-electron chi connectivity index (χ2n) is 9.67. The molecule has 0 aliphatic heterocycles. The third-order valence-corrected chi connectivity index (χ3v) is 7.21. The number of unbranched alkanes of at least 4 members (excludes halogenated alkanes) is 3. The molecule has 156 valence electrons. The number of hydrogen-bond donors (Lipinski definition) is 0. The fourth-order valence-corrected chi connectivity index (χ4v) is 5.27. The zero-order chi connectivity index (χ0) is 21.5. The van der Waals surface area contributed by atoms with E-state index in [1.807, 2.05) is 0 Å². The molecule has 0 spiro atoms. The highest BCUT2D eigenvalue weighted by Gasteiger charge is 2.41. The van der Waals surface area contributed by atoms with Crippen LogP contribution < -0.4 is 0 Å².